The first-order valence-electron chi connectivity index (χ1n) is 7.60. The van der Waals surface area contributed by atoms with Crippen LogP contribution in [0, 0.1) is 0 Å². The number of hydrogen-bond acceptors (Lipinski definition) is 4. The van der Waals surface area contributed by atoms with E-state index in [-0.39, 0.29) is 6.61 Å². The van der Waals surface area contributed by atoms with Gasteiger partial charge < -0.3 is 14.9 Å². The summed E-state index contributed by atoms with van der Waals surface area (Å²) < 4.78 is 0. The molecule has 4 nitrogen and oxygen atoms in total. The minimum absolute atomic E-state index is 0.0258. The third-order valence-electron chi connectivity index (χ3n) is 4.47. The maximum absolute atomic E-state index is 9.66. The average molecular weight is 285 g/mol. The first-order chi connectivity index (χ1) is 10.2. The molecule has 1 aliphatic heterocycles. The van der Waals surface area contributed by atoms with Crippen molar-refractivity contribution >= 4 is 16.7 Å². The van der Waals surface area contributed by atoms with Crippen molar-refractivity contribution in [2.24, 2.45) is 0 Å². The fourth-order valence-electron chi connectivity index (χ4n) is 3.21. The van der Waals surface area contributed by atoms with Crippen molar-refractivity contribution in [3.63, 3.8) is 0 Å². The number of rotatable bonds is 4. The zero-order valence-corrected chi connectivity index (χ0v) is 12.8. The van der Waals surface area contributed by atoms with Gasteiger partial charge in [0.2, 0.25) is 0 Å². The van der Waals surface area contributed by atoms with Gasteiger partial charge in [0.15, 0.2) is 0 Å². The quantitative estimate of drug-likeness (QED) is 0.935. The Balaban J connectivity index is 1.90. The number of fused-ring (bicyclic) bond motifs is 1. The van der Waals surface area contributed by atoms with E-state index < -0.39 is 0 Å². The number of aliphatic hydroxyl groups is 1. The number of aliphatic hydroxyl groups excluding tert-OH is 1. The second-order valence-corrected chi connectivity index (χ2v) is 5.98. The molecule has 2 heterocycles. The minimum Gasteiger partial charge on any atom is -0.392 e. The van der Waals surface area contributed by atoms with Gasteiger partial charge in [-0.2, -0.15) is 0 Å². The monoisotopic (exact) mass is 285 g/mol. The highest BCUT2D eigenvalue weighted by Crippen LogP contribution is 2.25. The summed E-state index contributed by atoms with van der Waals surface area (Å²) >= 11 is 0. The Morgan fingerprint density at radius 3 is 2.90 bits per heavy atom. The van der Waals surface area contributed by atoms with Gasteiger partial charge in [-0.05, 0) is 38.6 Å². The summed E-state index contributed by atoms with van der Waals surface area (Å²) in [6.07, 6.45) is 2.51. The van der Waals surface area contributed by atoms with Gasteiger partial charge in [-0.25, -0.2) is 4.98 Å². The molecule has 2 aromatic rings. The highest BCUT2D eigenvalue weighted by molar-refractivity contribution is 5.81. The van der Waals surface area contributed by atoms with Crippen LogP contribution in [-0.4, -0.2) is 48.2 Å². The summed E-state index contributed by atoms with van der Waals surface area (Å²) in [6.45, 7) is 2.16. The van der Waals surface area contributed by atoms with E-state index in [0.717, 1.165) is 28.8 Å². The standard InChI is InChI=1S/C17H23N3O/c1-19-9-5-7-15(19)11-20(2)17-14(12-21)10-13-6-3-4-8-16(13)18-17/h3-4,6,8,10,15,21H,5,7,9,11-12H2,1-2H3. The highest BCUT2D eigenvalue weighted by Gasteiger charge is 2.23. The van der Waals surface area contributed by atoms with Crippen LogP contribution in [0.2, 0.25) is 0 Å². The molecule has 0 saturated carbocycles. The zero-order valence-electron chi connectivity index (χ0n) is 12.8. The number of likely N-dealkylation sites (tertiary alicyclic amines) is 1. The lowest BCUT2D eigenvalue weighted by Crippen LogP contribution is -2.37. The van der Waals surface area contributed by atoms with E-state index in [2.05, 4.69) is 23.9 Å². The van der Waals surface area contributed by atoms with E-state index in [1.165, 1.54) is 19.4 Å². The van der Waals surface area contributed by atoms with Crippen LogP contribution in [0.3, 0.4) is 0 Å². The van der Waals surface area contributed by atoms with Crippen LogP contribution >= 0.6 is 0 Å². The molecule has 0 bridgehead atoms. The molecule has 0 aliphatic carbocycles. The molecule has 1 aromatic heterocycles. The summed E-state index contributed by atoms with van der Waals surface area (Å²) in [7, 11) is 4.26. The van der Waals surface area contributed by atoms with Crippen molar-refractivity contribution in [1.29, 1.82) is 0 Å². The van der Waals surface area contributed by atoms with Gasteiger partial charge in [-0.3, -0.25) is 0 Å². The molecule has 1 aromatic carbocycles. The van der Waals surface area contributed by atoms with Crippen LogP contribution in [0.5, 0.6) is 0 Å². The molecule has 0 radical (unpaired) electrons. The fraction of sp³-hybridized carbons (Fsp3) is 0.471. The Hall–Kier alpha value is -1.65. The van der Waals surface area contributed by atoms with Gasteiger partial charge in [0, 0.05) is 30.6 Å². The van der Waals surface area contributed by atoms with E-state index in [1.807, 2.05) is 30.3 Å². The van der Waals surface area contributed by atoms with Crippen molar-refractivity contribution in [1.82, 2.24) is 9.88 Å². The molecule has 1 aliphatic rings. The van der Waals surface area contributed by atoms with Gasteiger partial charge in [0.25, 0.3) is 0 Å². The normalized spacial score (nSPS) is 19.3. The second-order valence-electron chi connectivity index (χ2n) is 5.98. The molecule has 1 saturated heterocycles. The van der Waals surface area contributed by atoms with Gasteiger partial charge in [-0.1, -0.05) is 18.2 Å². The summed E-state index contributed by atoms with van der Waals surface area (Å²) in [6, 6.07) is 10.7. The molecule has 4 heteroatoms. The van der Waals surface area contributed by atoms with Crippen LogP contribution in [0.25, 0.3) is 10.9 Å². The van der Waals surface area contributed by atoms with Crippen LogP contribution < -0.4 is 4.90 Å². The zero-order chi connectivity index (χ0) is 14.8. The number of aromatic nitrogens is 1. The molecule has 112 valence electrons. The van der Waals surface area contributed by atoms with E-state index in [4.69, 9.17) is 4.98 Å². The average Bonchev–Trinajstić information content (AvgIpc) is 2.91. The number of nitrogens with zero attached hydrogens (tertiary/aromatic N) is 3. The molecule has 1 fully saturated rings. The summed E-state index contributed by atoms with van der Waals surface area (Å²) in [4.78, 5) is 9.36. The van der Waals surface area contributed by atoms with Crippen molar-refractivity contribution in [3.8, 4) is 0 Å². The van der Waals surface area contributed by atoms with Crippen molar-refractivity contribution in [2.45, 2.75) is 25.5 Å². The molecule has 3 rings (SSSR count). The number of hydrogen-bond donors (Lipinski definition) is 1. The third-order valence-corrected chi connectivity index (χ3v) is 4.47. The summed E-state index contributed by atoms with van der Waals surface area (Å²) in [5, 5.41) is 10.7. The molecule has 1 unspecified atom stereocenters. The summed E-state index contributed by atoms with van der Waals surface area (Å²) in [5.41, 5.74) is 1.88. The van der Waals surface area contributed by atoms with Gasteiger partial charge in [0.05, 0.1) is 12.1 Å². The number of anilines is 1. The number of para-hydroxylation sites is 1. The number of likely N-dealkylation sites (N-methyl/N-ethyl adjacent to an activating group) is 2. The lowest BCUT2D eigenvalue weighted by molar-refractivity contribution is 0.281. The first-order valence-corrected chi connectivity index (χ1v) is 7.60. The van der Waals surface area contributed by atoms with E-state index >= 15 is 0 Å². The largest absolute Gasteiger partial charge is 0.392 e. The van der Waals surface area contributed by atoms with Crippen molar-refractivity contribution < 1.29 is 5.11 Å². The Labute approximate surface area is 126 Å². The maximum atomic E-state index is 9.66. The predicted octanol–water partition coefficient (Wildman–Crippen LogP) is 2.26. The lowest BCUT2D eigenvalue weighted by atomic mass is 10.1. The Morgan fingerprint density at radius 2 is 2.19 bits per heavy atom. The van der Waals surface area contributed by atoms with Crippen LogP contribution in [0.1, 0.15) is 18.4 Å². The first kappa shape index (κ1) is 14.3. The van der Waals surface area contributed by atoms with Crippen molar-refractivity contribution in [3.05, 3.63) is 35.9 Å². The Bertz CT molecular complexity index is 628. The molecule has 21 heavy (non-hydrogen) atoms. The third kappa shape index (κ3) is 2.87. The maximum Gasteiger partial charge on any atom is 0.134 e. The topological polar surface area (TPSA) is 39.6 Å². The predicted molar refractivity (Wildman–Crippen MR) is 86.6 cm³/mol. The fourth-order valence-corrected chi connectivity index (χ4v) is 3.21. The van der Waals surface area contributed by atoms with E-state index in [1.54, 1.807) is 0 Å². The van der Waals surface area contributed by atoms with Crippen LogP contribution in [0.4, 0.5) is 5.82 Å². The Morgan fingerprint density at radius 1 is 1.38 bits per heavy atom. The van der Waals surface area contributed by atoms with Crippen LogP contribution in [-0.2, 0) is 6.61 Å². The molecule has 0 amide bonds. The number of benzene rings is 1. The smallest absolute Gasteiger partial charge is 0.134 e. The Kier molecular flexibility index (Phi) is 4.08. The molecule has 1 N–H and O–H groups in total. The minimum atomic E-state index is 0.0258. The highest BCUT2D eigenvalue weighted by atomic mass is 16.3. The molecule has 1 atom stereocenters. The van der Waals surface area contributed by atoms with E-state index in [9.17, 15) is 5.11 Å². The van der Waals surface area contributed by atoms with Crippen LogP contribution in [0.15, 0.2) is 30.3 Å². The number of pyridine rings is 1. The molecular formula is C17H23N3O. The molecular weight excluding hydrogens is 262 g/mol. The van der Waals surface area contributed by atoms with Gasteiger partial charge in [0.1, 0.15) is 5.82 Å². The SMILES string of the molecule is CN(CC1CCCN1C)c1nc2ccccc2cc1CO. The summed E-state index contributed by atoms with van der Waals surface area (Å²) in [5.74, 6) is 0.900. The second kappa shape index (κ2) is 6.00. The lowest BCUT2D eigenvalue weighted by Gasteiger charge is -2.28. The molecule has 0 spiro atoms. The van der Waals surface area contributed by atoms with Crippen molar-refractivity contribution in [2.75, 3.05) is 32.1 Å². The van der Waals surface area contributed by atoms with E-state index in [0.29, 0.717) is 6.04 Å². The van der Waals surface area contributed by atoms with Gasteiger partial charge >= 0.3 is 0 Å². The van der Waals surface area contributed by atoms with Gasteiger partial charge in [-0.15, -0.1) is 0 Å².